The Hall–Kier alpha value is -0.990. The van der Waals surface area contributed by atoms with Crippen LogP contribution < -0.4 is 0 Å². The number of carbonyl (C=O) groups is 1. The first-order chi connectivity index (χ1) is 13.2. The molecule has 0 heterocycles. The molecule has 0 bridgehead atoms. The van der Waals surface area contributed by atoms with E-state index in [1.165, 1.54) is 6.92 Å². The van der Waals surface area contributed by atoms with Crippen molar-refractivity contribution in [2.45, 2.75) is 115 Å². The van der Waals surface area contributed by atoms with Crippen LogP contribution in [0.5, 0.6) is 0 Å². The molecule has 5 N–H and O–H groups in total. The van der Waals surface area contributed by atoms with Crippen molar-refractivity contribution in [1.82, 2.24) is 0 Å². The summed E-state index contributed by atoms with van der Waals surface area (Å²) < 4.78 is 4.55. The molecule has 7 heteroatoms. The highest BCUT2D eigenvalue weighted by atomic mass is 16.8. The minimum absolute atomic E-state index is 0.00185. The van der Waals surface area contributed by atoms with Crippen LogP contribution in [0.3, 0.4) is 0 Å². The van der Waals surface area contributed by atoms with Gasteiger partial charge in [0.1, 0.15) is 0 Å². The van der Waals surface area contributed by atoms with Crippen molar-refractivity contribution in [2.24, 2.45) is 0 Å². The van der Waals surface area contributed by atoms with Gasteiger partial charge in [-0.3, -0.25) is 4.79 Å². The van der Waals surface area contributed by atoms with E-state index in [-0.39, 0.29) is 19.3 Å². The Kier molecular flexibility index (Phi) is 15.3. The smallest absolute Gasteiger partial charge is 0.323 e. The van der Waals surface area contributed by atoms with E-state index in [1.807, 2.05) is 0 Å². The predicted octanol–water partition coefficient (Wildman–Crippen LogP) is 3.23. The second kappa shape index (κ2) is 15.9. The van der Waals surface area contributed by atoms with Crippen LogP contribution in [0.15, 0.2) is 12.2 Å². The molecule has 0 aliphatic heterocycles. The maximum absolute atomic E-state index is 11.4. The van der Waals surface area contributed by atoms with E-state index in [0.29, 0.717) is 12.8 Å². The molecule has 0 radical (unpaired) electrons. The van der Waals surface area contributed by atoms with Gasteiger partial charge in [-0.15, -0.1) is 0 Å². The van der Waals surface area contributed by atoms with Crippen molar-refractivity contribution >= 4 is 5.97 Å². The van der Waals surface area contributed by atoms with Gasteiger partial charge in [0.05, 0.1) is 0 Å². The molecule has 0 aromatic rings. The summed E-state index contributed by atoms with van der Waals surface area (Å²) in [6, 6.07) is 0. The summed E-state index contributed by atoms with van der Waals surface area (Å²) in [5.74, 6) is -5.43. The lowest BCUT2D eigenvalue weighted by molar-refractivity contribution is -0.320. The Morgan fingerprint density at radius 2 is 1.21 bits per heavy atom. The van der Waals surface area contributed by atoms with Crippen LogP contribution in [0.2, 0.25) is 0 Å². The molecule has 0 fully saturated rings. The van der Waals surface area contributed by atoms with E-state index in [9.17, 15) is 15.0 Å². The summed E-state index contributed by atoms with van der Waals surface area (Å²) in [7, 11) is 0. The highest BCUT2D eigenvalue weighted by Crippen LogP contribution is 2.13. The number of rotatable bonds is 18. The summed E-state index contributed by atoms with van der Waals surface area (Å²) in [4.78, 5) is 11.4. The maximum atomic E-state index is 11.4. The Morgan fingerprint density at radius 1 is 0.750 bits per heavy atom. The van der Waals surface area contributed by atoms with E-state index >= 15 is 0 Å². The molecular weight excluding hydrogens is 364 g/mol. The Bertz CT molecular complexity index is 413. The Labute approximate surface area is 169 Å². The average molecular weight is 405 g/mol. The van der Waals surface area contributed by atoms with Crippen molar-refractivity contribution < 1.29 is 35.1 Å². The van der Waals surface area contributed by atoms with Gasteiger partial charge in [-0.05, 0) is 38.5 Å². The van der Waals surface area contributed by atoms with E-state index in [4.69, 9.17) is 15.3 Å². The van der Waals surface area contributed by atoms with Gasteiger partial charge < -0.3 is 30.3 Å². The molecule has 28 heavy (non-hydrogen) atoms. The van der Waals surface area contributed by atoms with E-state index in [0.717, 1.165) is 64.2 Å². The normalized spacial score (nSPS) is 12.6. The number of allylic oxidation sites excluding steroid dienone is 2. The topological polar surface area (TPSA) is 127 Å². The van der Waals surface area contributed by atoms with Crippen molar-refractivity contribution in [3.05, 3.63) is 12.2 Å². The first kappa shape index (κ1) is 27.0. The number of hydrogen-bond donors (Lipinski definition) is 5. The molecule has 0 unspecified atom stereocenters. The molecule has 0 atom stereocenters. The summed E-state index contributed by atoms with van der Waals surface area (Å²) >= 11 is 0. The van der Waals surface area contributed by atoms with E-state index in [1.54, 1.807) is 0 Å². The lowest BCUT2D eigenvalue weighted by Gasteiger charge is -2.19. The van der Waals surface area contributed by atoms with Gasteiger partial charge in [-0.25, -0.2) is 0 Å². The monoisotopic (exact) mass is 404 g/mol. The van der Waals surface area contributed by atoms with Crippen LogP contribution in [0.25, 0.3) is 0 Å². The molecule has 0 amide bonds. The van der Waals surface area contributed by atoms with Crippen LogP contribution in [0, 0.1) is 0 Å². The molecule has 166 valence electrons. The third-order valence-corrected chi connectivity index (χ3v) is 4.54. The van der Waals surface area contributed by atoms with Crippen LogP contribution in [-0.4, -0.2) is 43.4 Å². The van der Waals surface area contributed by atoms with Gasteiger partial charge in [0, 0.05) is 19.3 Å². The number of hydrogen-bond acceptors (Lipinski definition) is 7. The van der Waals surface area contributed by atoms with Gasteiger partial charge in [-0.1, -0.05) is 57.6 Å². The minimum atomic E-state index is -2.52. The fourth-order valence-corrected chi connectivity index (χ4v) is 2.76. The number of ether oxygens (including phenoxy) is 1. The number of carbonyl (C=O) groups excluding carboxylic acids is 1. The quantitative estimate of drug-likeness (QED) is 0.103. The van der Waals surface area contributed by atoms with E-state index < -0.39 is 17.9 Å². The molecule has 0 aromatic heterocycles. The molecule has 0 aromatic carbocycles. The minimum Gasteiger partial charge on any atom is -0.408 e. The Morgan fingerprint density at radius 3 is 1.71 bits per heavy atom. The van der Waals surface area contributed by atoms with Gasteiger partial charge in [0.25, 0.3) is 5.97 Å². The molecule has 0 aliphatic rings. The lowest BCUT2D eigenvalue weighted by Crippen LogP contribution is -2.33. The van der Waals surface area contributed by atoms with Crippen molar-refractivity contribution in [2.75, 3.05) is 0 Å². The number of esters is 1. The second-order valence-electron chi connectivity index (χ2n) is 7.43. The first-order valence-corrected chi connectivity index (χ1v) is 10.6. The van der Waals surface area contributed by atoms with Crippen LogP contribution in [0.1, 0.15) is 103 Å². The SMILES string of the molecule is CCC(O)(O)OC(=O)CCCCCCC/C=C\CCCCCCCC(O)(O)O. The van der Waals surface area contributed by atoms with Crippen LogP contribution >= 0.6 is 0 Å². The lowest BCUT2D eigenvalue weighted by atomic mass is 10.1. The van der Waals surface area contributed by atoms with E-state index in [2.05, 4.69) is 16.9 Å². The standard InChI is InChI=1S/C21H40O7/c1-2-21(26,27)28-19(22)17-15-13-11-9-7-5-3-4-6-8-10-12-14-16-18-20(23,24)25/h3-4,23-27H,2,5-18H2,1H3/b4-3-. The third kappa shape index (κ3) is 19.8. The zero-order valence-electron chi connectivity index (χ0n) is 17.3. The first-order valence-electron chi connectivity index (χ1n) is 10.6. The zero-order chi connectivity index (χ0) is 21.3. The van der Waals surface area contributed by atoms with Gasteiger partial charge in [0.15, 0.2) is 0 Å². The predicted molar refractivity (Wildman–Crippen MR) is 107 cm³/mol. The fourth-order valence-electron chi connectivity index (χ4n) is 2.76. The highest BCUT2D eigenvalue weighted by Gasteiger charge is 2.25. The van der Waals surface area contributed by atoms with Crippen LogP contribution in [0.4, 0.5) is 0 Å². The van der Waals surface area contributed by atoms with Crippen molar-refractivity contribution in [3.8, 4) is 0 Å². The molecule has 0 saturated heterocycles. The highest BCUT2D eigenvalue weighted by molar-refractivity contribution is 5.69. The summed E-state index contributed by atoms with van der Waals surface area (Å²) in [5.41, 5.74) is 0. The molecule has 0 aliphatic carbocycles. The van der Waals surface area contributed by atoms with Gasteiger partial charge in [-0.2, -0.15) is 0 Å². The maximum Gasteiger partial charge on any atom is 0.323 e. The van der Waals surface area contributed by atoms with Crippen LogP contribution in [-0.2, 0) is 9.53 Å². The second-order valence-corrected chi connectivity index (χ2v) is 7.43. The van der Waals surface area contributed by atoms with Crippen molar-refractivity contribution in [3.63, 3.8) is 0 Å². The molecular formula is C21H40O7. The largest absolute Gasteiger partial charge is 0.408 e. The summed E-state index contributed by atoms with van der Waals surface area (Å²) in [6.07, 6.45) is 16.4. The van der Waals surface area contributed by atoms with Crippen molar-refractivity contribution in [1.29, 1.82) is 0 Å². The van der Waals surface area contributed by atoms with Gasteiger partial charge in [0.2, 0.25) is 0 Å². The number of unbranched alkanes of at least 4 members (excludes halogenated alkanes) is 10. The van der Waals surface area contributed by atoms with Gasteiger partial charge >= 0.3 is 11.9 Å². The molecule has 0 saturated carbocycles. The molecule has 0 rings (SSSR count). The average Bonchev–Trinajstić information content (AvgIpc) is 2.60. The zero-order valence-corrected chi connectivity index (χ0v) is 17.3. The Balaban J connectivity index is 3.33. The molecule has 7 nitrogen and oxygen atoms in total. The third-order valence-electron chi connectivity index (χ3n) is 4.54. The fraction of sp³-hybridized carbons (Fsp3) is 0.857. The summed E-state index contributed by atoms with van der Waals surface area (Å²) in [6.45, 7) is 1.53. The summed E-state index contributed by atoms with van der Waals surface area (Å²) in [5, 5.41) is 44.7. The number of aliphatic hydroxyl groups is 5. The molecule has 0 spiro atoms.